The summed E-state index contributed by atoms with van der Waals surface area (Å²) in [4.78, 5) is 18.7. The first kappa shape index (κ1) is 19.8. The third-order valence-electron chi connectivity index (χ3n) is 6.34. The second-order valence-corrected chi connectivity index (χ2v) is 8.71. The van der Waals surface area contributed by atoms with Gasteiger partial charge >= 0.3 is 0 Å². The van der Waals surface area contributed by atoms with Gasteiger partial charge in [0.1, 0.15) is 6.04 Å². The largest absolute Gasteiger partial charge is 0.321 e. The second-order valence-electron chi connectivity index (χ2n) is 8.71. The van der Waals surface area contributed by atoms with Crippen LogP contribution < -0.4 is 5.56 Å². The van der Waals surface area contributed by atoms with Crippen molar-refractivity contribution >= 4 is 10.9 Å². The van der Waals surface area contributed by atoms with E-state index in [9.17, 15) is 4.79 Å². The average Bonchev–Trinajstić information content (AvgIpc) is 3.21. The molecular formula is C22H30N6O. The predicted octanol–water partition coefficient (Wildman–Crippen LogP) is 3.54. The number of aromatic amines is 1. The molecule has 0 radical (unpaired) electrons. The normalized spacial score (nSPS) is 17.0. The average molecular weight is 395 g/mol. The number of tetrazole rings is 1. The van der Waals surface area contributed by atoms with Crippen LogP contribution in [0.2, 0.25) is 0 Å². The smallest absolute Gasteiger partial charge is 0.253 e. The number of H-pyrrole nitrogens is 1. The van der Waals surface area contributed by atoms with Crippen LogP contribution in [-0.4, -0.2) is 43.2 Å². The lowest BCUT2D eigenvalue weighted by Crippen LogP contribution is -2.40. The number of hydrogen-bond acceptors (Lipinski definition) is 5. The Morgan fingerprint density at radius 2 is 1.97 bits per heavy atom. The molecule has 1 aliphatic heterocycles. The zero-order chi connectivity index (χ0) is 20.6. The first-order valence-corrected chi connectivity index (χ1v) is 10.6. The van der Waals surface area contributed by atoms with Gasteiger partial charge in [-0.1, -0.05) is 31.5 Å². The Labute approximate surface area is 171 Å². The fourth-order valence-corrected chi connectivity index (χ4v) is 4.22. The molecule has 154 valence electrons. The number of hydrogen-bond donors (Lipinski definition) is 1. The van der Waals surface area contributed by atoms with Crippen LogP contribution in [0.25, 0.3) is 10.9 Å². The Morgan fingerprint density at radius 1 is 1.21 bits per heavy atom. The third kappa shape index (κ3) is 3.59. The molecule has 1 N–H and O–H groups in total. The molecule has 1 fully saturated rings. The van der Waals surface area contributed by atoms with Gasteiger partial charge in [-0.3, -0.25) is 9.69 Å². The van der Waals surface area contributed by atoms with E-state index >= 15 is 0 Å². The first-order valence-electron chi connectivity index (χ1n) is 10.6. The highest BCUT2D eigenvalue weighted by Crippen LogP contribution is 2.32. The Bertz CT molecular complexity index is 1060. The van der Waals surface area contributed by atoms with E-state index in [-0.39, 0.29) is 17.1 Å². The van der Waals surface area contributed by atoms with Gasteiger partial charge in [0.15, 0.2) is 5.82 Å². The molecule has 0 aliphatic carbocycles. The second kappa shape index (κ2) is 7.71. The van der Waals surface area contributed by atoms with Crippen molar-refractivity contribution in [3.63, 3.8) is 0 Å². The molecule has 0 bridgehead atoms. The predicted molar refractivity (Wildman–Crippen MR) is 114 cm³/mol. The molecular weight excluding hydrogens is 364 g/mol. The fourth-order valence-electron chi connectivity index (χ4n) is 4.22. The summed E-state index contributed by atoms with van der Waals surface area (Å²) in [6.07, 6.45) is 4.37. The van der Waals surface area contributed by atoms with Gasteiger partial charge in [0.25, 0.3) is 5.56 Å². The van der Waals surface area contributed by atoms with Crippen molar-refractivity contribution in [1.82, 2.24) is 30.1 Å². The lowest BCUT2D eigenvalue weighted by atomic mass is 9.97. The highest BCUT2D eigenvalue weighted by Gasteiger charge is 2.34. The number of nitrogens with one attached hydrogen (secondary N) is 1. The molecule has 1 unspecified atom stereocenters. The molecule has 1 aliphatic rings. The van der Waals surface area contributed by atoms with Crippen LogP contribution in [0.15, 0.2) is 29.1 Å². The van der Waals surface area contributed by atoms with E-state index in [1.807, 2.05) is 35.9 Å². The Kier molecular flexibility index (Phi) is 5.25. The molecule has 7 nitrogen and oxygen atoms in total. The van der Waals surface area contributed by atoms with Crippen LogP contribution in [0.4, 0.5) is 0 Å². The molecule has 2 aromatic heterocycles. The minimum atomic E-state index is -0.259. The van der Waals surface area contributed by atoms with Gasteiger partial charge in [-0.15, -0.1) is 5.10 Å². The van der Waals surface area contributed by atoms with Crippen LogP contribution in [0.1, 0.15) is 69.4 Å². The number of likely N-dealkylation sites (tertiary alicyclic amines) is 1. The SMILES string of the molecule is CCC(C)(C)n1nnnc1C(c1cc2cccc(C)c2[nH]c1=O)N1CCCCC1. The number of fused-ring (bicyclic) bond motifs is 1. The maximum atomic E-state index is 13.2. The molecule has 0 saturated carbocycles. The third-order valence-corrected chi connectivity index (χ3v) is 6.34. The lowest BCUT2D eigenvalue weighted by molar-refractivity contribution is 0.167. The van der Waals surface area contributed by atoms with Crippen molar-refractivity contribution in [2.75, 3.05) is 13.1 Å². The molecule has 29 heavy (non-hydrogen) atoms. The van der Waals surface area contributed by atoms with Gasteiger partial charge < -0.3 is 4.98 Å². The van der Waals surface area contributed by atoms with E-state index in [4.69, 9.17) is 0 Å². The van der Waals surface area contributed by atoms with Crippen LogP contribution >= 0.6 is 0 Å². The van der Waals surface area contributed by atoms with Crippen LogP contribution in [-0.2, 0) is 5.54 Å². The number of aromatic nitrogens is 5. The molecule has 0 amide bonds. The summed E-state index contributed by atoms with van der Waals surface area (Å²) in [6.45, 7) is 10.3. The van der Waals surface area contributed by atoms with Crippen molar-refractivity contribution < 1.29 is 0 Å². The summed E-state index contributed by atoms with van der Waals surface area (Å²) >= 11 is 0. The maximum Gasteiger partial charge on any atom is 0.253 e. The summed E-state index contributed by atoms with van der Waals surface area (Å²) in [7, 11) is 0. The van der Waals surface area contributed by atoms with E-state index in [1.54, 1.807) is 0 Å². The van der Waals surface area contributed by atoms with Gasteiger partial charge in [0, 0.05) is 5.56 Å². The number of benzene rings is 1. The minimum absolute atomic E-state index is 0.0637. The Balaban J connectivity index is 1.92. The van der Waals surface area contributed by atoms with Gasteiger partial charge in [-0.2, -0.15) is 0 Å². The molecule has 1 aromatic carbocycles. The number of pyridine rings is 1. The molecule has 0 spiro atoms. The summed E-state index contributed by atoms with van der Waals surface area (Å²) in [5.74, 6) is 0.747. The van der Waals surface area contributed by atoms with E-state index < -0.39 is 0 Å². The summed E-state index contributed by atoms with van der Waals surface area (Å²) in [5, 5.41) is 13.8. The fraction of sp³-hybridized carbons (Fsp3) is 0.545. The van der Waals surface area contributed by atoms with E-state index in [2.05, 4.69) is 46.2 Å². The van der Waals surface area contributed by atoms with Gasteiger partial charge in [-0.05, 0) is 80.6 Å². The zero-order valence-corrected chi connectivity index (χ0v) is 17.8. The summed E-state index contributed by atoms with van der Waals surface area (Å²) in [6, 6.07) is 7.86. The van der Waals surface area contributed by atoms with E-state index in [1.165, 1.54) is 6.42 Å². The van der Waals surface area contributed by atoms with Gasteiger partial charge in [-0.25, -0.2) is 4.68 Å². The zero-order valence-electron chi connectivity index (χ0n) is 17.8. The van der Waals surface area contributed by atoms with Crippen molar-refractivity contribution in [3.05, 3.63) is 51.6 Å². The molecule has 3 aromatic rings. The number of piperidine rings is 1. The van der Waals surface area contributed by atoms with Gasteiger partial charge in [0.2, 0.25) is 0 Å². The topological polar surface area (TPSA) is 79.7 Å². The highest BCUT2D eigenvalue weighted by molar-refractivity contribution is 5.82. The minimum Gasteiger partial charge on any atom is -0.321 e. The monoisotopic (exact) mass is 394 g/mol. The van der Waals surface area contributed by atoms with Crippen LogP contribution in [0, 0.1) is 6.92 Å². The number of rotatable bonds is 5. The molecule has 7 heteroatoms. The van der Waals surface area contributed by atoms with Crippen LogP contribution in [0.5, 0.6) is 0 Å². The van der Waals surface area contributed by atoms with Crippen molar-refractivity contribution in [3.8, 4) is 0 Å². The molecule has 1 atom stereocenters. The highest BCUT2D eigenvalue weighted by atomic mass is 16.1. The van der Waals surface area contributed by atoms with Crippen molar-refractivity contribution in [2.24, 2.45) is 0 Å². The van der Waals surface area contributed by atoms with Crippen LogP contribution in [0.3, 0.4) is 0 Å². The van der Waals surface area contributed by atoms with Crippen molar-refractivity contribution in [2.45, 2.75) is 65.0 Å². The standard InChI is InChI=1S/C22H30N6O/c1-5-22(3,4)28-20(24-25-26-28)19(27-12-7-6-8-13-27)17-14-16-11-9-10-15(2)18(16)23-21(17)29/h9-11,14,19H,5-8,12-13H2,1-4H3,(H,23,29). The lowest BCUT2D eigenvalue weighted by Gasteiger charge is -2.35. The first-order chi connectivity index (χ1) is 13.9. The van der Waals surface area contributed by atoms with Crippen molar-refractivity contribution in [1.29, 1.82) is 0 Å². The summed E-state index contributed by atoms with van der Waals surface area (Å²) < 4.78 is 1.91. The quantitative estimate of drug-likeness (QED) is 0.716. The van der Waals surface area contributed by atoms with E-state index in [0.717, 1.165) is 54.6 Å². The summed E-state index contributed by atoms with van der Waals surface area (Å²) in [5.41, 5.74) is 2.39. The maximum absolute atomic E-state index is 13.2. The Hall–Kier alpha value is -2.54. The Morgan fingerprint density at radius 3 is 2.69 bits per heavy atom. The number of para-hydroxylation sites is 1. The molecule has 1 saturated heterocycles. The molecule has 4 rings (SSSR count). The van der Waals surface area contributed by atoms with E-state index in [0.29, 0.717) is 5.56 Å². The number of aryl methyl sites for hydroxylation is 1. The number of nitrogens with zero attached hydrogens (tertiary/aromatic N) is 5. The molecule has 3 heterocycles. The van der Waals surface area contributed by atoms with Gasteiger partial charge in [0.05, 0.1) is 11.1 Å².